The van der Waals surface area contributed by atoms with Gasteiger partial charge in [-0.15, -0.1) is 0 Å². The zero-order chi connectivity index (χ0) is 37.7. The molecule has 1 aliphatic heterocycles. The summed E-state index contributed by atoms with van der Waals surface area (Å²) in [6.45, 7) is 3.06. The van der Waals surface area contributed by atoms with Crippen molar-refractivity contribution in [3.8, 4) is 0 Å². The maximum Gasteiger partial charge on any atom is 0.326 e. The summed E-state index contributed by atoms with van der Waals surface area (Å²) in [5.41, 5.74) is 1.02. The molecule has 1 aliphatic rings. The third kappa shape index (κ3) is 9.99. The van der Waals surface area contributed by atoms with Crippen LogP contribution in [-0.2, 0) is 39.1 Å². The van der Waals surface area contributed by atoms with Crippen molar-refractivity contribution in [2.45, 2.75) is 69.6 Å². The summed E-state index contributed by atoms with van der Waals surface area (Å²) in [6.07, 6.45) is 3.51. The normalized spacial score (nSPS) is 14.2. The zero-order valence-electron chi connectivity index (χ0n) is 29.0. The average molecular weight is 710 g/mol. The van der Waals surface area contributed by atoms with Crippen molar-refractivity contribution in [1.82, 2.24) is 26.2 Å². The molecule has 0 radical (unpaired) electrons. The molecule has 3 aromatic rings. The Balaban J connectivity index is 1.32. The number of nitrogens with zero attached hydrogens (tertiary/aromatic N) is 1. The second-order valence-electron chi connectivity index (χ2n) is 12.5. The molecule has 0 fully saturated rings. The zero-order valence-corrected chi connectivity index (χ0v) is 29.0. The smallest absolute Gasteiger partial charge is 0.326 e. The van der Waals surface area contributed by atoms with Crippen molar-refractivity contribution in [2.24, 2.45) is 0 Å². The Kier molecular flexibility index (Phi) is 13.6. The van der Waals surface area contributed by atoms with E-state index in [1.165, 1.54) is 26.0 Å². The standard InChI is InChI=1S/C39H43N5O8/c1-26(40-32(45)21-13-6-14-24-44-34(47)22-23-35(44)48)36(49)41-27(2)37(50)42-31(38(51)52)25-33(46)43-39(28-15-7-3-8-16-28,29-17-9-4-10-18-29)30-19-11-5-12-20-30/h3-5,7-12,15-20,22-23,26-27,31H,6,13-14,21,24-25H2,1-2H3,(H,40,45)(H,41,49)(H,42,50)(H,43,46)(H,51,52)/t26-,27-,31-/m0/s1. The lowest BCUT2D eigenvalue weighted by Crippen LogP contribution is -2.55. The number of benzene rings is 3. The molecule has 3 atom stereocenters. The highest BCUT2D eigenvalue weighted by Crippen LogP contribution is 2.37. The van der Waals surface area contributed by atoms with Gasteiger partial charge < -0.3 is 26.4 Å². The number of amides is 6. The monoisotopic (exact) mass is 709 g/mol. The molecule has 1 heterocycles. The fraction of sp³-hybridized carbons (Fsp3) is 0.308. The number of nitrogens with one attached hydrogen (secondary N) is 4. The third-order valence-electron chi connectivity index (χ3n) is 8.66. The molecule has 0 bridgehead atoms. The van der Waals surface area contributed by atoms with Crippen molar-refractivity contribution >= 4 is 41.4 Å². The number of carboxylic acid groups (broad SMARTS) is 1. The van der Waals surface area contributed by atoms with Gasteiger partial charge in [0.25, 0.3) is 11.8 Å². The fourth-order valence-corrected chi connectivity index (χ4v) is 5.89. The van der Waals surface area contributed by atoms with Crippen molar-refractivity contribution in [3.63, 3.8) is 0 Å². The Bertz CT molecular complexity index is 1670. The van der Waals surface area contributed by atoms with E-state index in [2.05, 4.69) is 21.3 Å². The third-order valence-corrected chi connectivity index (χ3v) is 8.66. The topological polar surface area (TPSA) is 191 Å². The van der Waals surface area contributed by atoms with Gasteiger partial charge in [0.2, 0.25) is 23.6 Å². The van der Waals surface area contributed by atoms with Crippen LogP contribution in [0.25, 0.3) is 0 Å². The molecule has 0 aliphatic carbocycles. The van der Waals surface area contributed by atoms with Gasteiger partial charge in [-0.05, 0) is 43.4 Å². The van der Waals surface area contributed by atoms with Crippen LogP contribution in [0.5, 0.6) is 0 Å². The first-order chi connectivity index (χ1) is 24.9. The molecule has 0 spiro atoms. The van der Waals surface area contributed by atoms with Crippen LogP contribution < -0.4 is 21.3 Å². The first-order valence-electron chi connectivity index (χ1n) is 17.1. The predicted molar refractivity (Wildman–Crippen MR) is 191 cm³/mol. The van der Waals surface area contributed by atoms with Crippen LogP contribution in [0.15, 0.2) is 103 Å². The van der Waals surface area contributed by atoms with E-state index in [9.17, 15) is 38.7 Å². The van der Waals surface area contributed by atoms with Gasteiger partial charge in [0.15, 0.2) is 0 Å². The predicted octanol–water partition coefficient (Wildman–Crippen LogP) is 2.55. The van der Waals surface area contributed by atoms with Gasteiger partial charge in [0, 0.05) is 25.1 Å². The number of imide groups is 1. The number of unbranched alkanes of at least 4 members (excludes halogenated alkanes) is 2. The van der Waals surface area contributed by atoms with E-state index < -0.39 is 59.7 Å². The number of aliphatic carboxylic acids is 1. The lowest BCUT2D eigenvalue weighted by molar-refractivity contribution is -0.144. The van der Waals surface area contributed by atoms with Crippen LogP contribution in [0, 0.1) is 0 Å². The molecule has 52 heavy (non-hydrogen) atoms. The molecule has 0 aromatic heterocycles. The van der Waals surface area contributed by atoms with Crippen LogP contribution in [0.1, 0.15) is 62.6 Å². The summed E-state index contributed by atoms with van der Waals surface area (Å²) >= 11 is 0. The summed E-state index contributed by atoms with van der Waals surface area (Å²) in [4.78, 5) is 88.6. The van der Waals surface area contributed by atoms with Gasteiger partial charge in [-0.2, -0.15) is 0 Å². The number of hydrogen-bond donors (Lipinski definition) is 5. The number of carboxylic acids is 1. The van der Waals surface area contributed by atoms with Gasteiger partial charge in [-0.25, -0.2) is 4.79 Å². The van der Waals surface area contributed by atoms with E-state index in [0.717, 1.165) is 21.6 Å². The Morgan fingerprint density at radius 2 is 1.10 bits per heavy atom. The number of carbonyl (C=O) groups is 7. The van der Waals surface area contributed by atoms with E-state index in [1.807, 2.05) is 91.0 Å². The van der Waals surface area contributed by atoms with Gasteiger partial charge in [0.1, 0.15) is 23.7 Å². The quantitative estimate of drug-likeness (QED) is 0.0756. The summed E-state index contributed by atoms with van der Waals surface area (Å²) in [7, 11) is 0. The van der Waals surface area contributed by atoms with Gasteiger partial charge in [-0.3, -0.25) is 33.7 Å². The van der Waals surface area contributed by atoms with Gasteiger partial charge >= 0.3 is 5.97 Å². The fourth-order valence-electron chi connectivity index (χ4n) is 5.89. The van der Waals surface area contributed by atoms with Crippen LogP contribution in [0.4, 0.5) is 0 Å². The van der Waals surface area contributed by atoms with Crippen molar-refractivity contribution in [1.29, 1.82) is 0 Å². The maximum atomic E-state index is 13.7. The molecule has 0 saturated heterocycles. The molecule has 5 N–H and O–H groups in total. The van der Waals surface area contributed by atoms with Crippen LogP contribution in [0.3, 0.4) is 0 Å². The Hall–Kier alpha value is -6.11. The molecule has 3 aromatic carbocycles. The molecule has 0 unspecified atom stereocenters. The van der Waals surface area contributed by atoms with E-state index in [4.69, 9.17) is 0 Å². The molecule has 13 nitrogen and oxygen atoms in total. The molecule has 6 amide bonds. The summed E-state index contributed by atoms with van der Waals surface area (Å²) in [5.74, 6) is -4.71. The maximum absolute atomic E-state index is 13.7. The van der Waals surface area contributed by atoms with Gasteiger partial charge in [0.05, 0.1) is 6.42 Å². The number of carbonyl (C=O) groups excluding carboxylic acids is 6. The second kappa shape index (κ2) is 18.2. The van der Waals surface area contributed by atoms with E-state index in [1.54, 1.807) is 0 Å². The lowest BCUT2D eigenvalue weighted by Gasteiger charge is -2.37. The first-order valence-corrected chi connectivity index (χ1v) is 17.1. The molecular weight excluding hydrogens is 666 g/mol. The van der Waals surface area contributed by atoms with Crippen LogP contribution in [0.2, 0.25) is 0 Å². The summed E-state index contributed by atoms with van der Waals surface area (Å²) in [5, 5.41) is 20.4. The minimum Gasteiger partial charge on any atom is -0.480 e. The molecule has 4 rings (SSSR count). The van der Waals surface area contributed by atoms with Crippen molar-refractivity contribution < 1.29 is 38.7 Å². The largest absolute Gasteiger partial charge is 0.480 e. The van der Waals surface area contributed by atoms with E-state index in [0.29, 0.717) is 19.3 Å². The summed E-state index contributed by atoms with van der Waals surface area (Å²) in [6, 6.07) is 24.0. The second-order valence-corrected chi connectivity index (χ2v) is 12.5. The summed E-state index contributed by atoms with van der Waals surface area (Å²) < 4.78 is 0. The van der Waals surface area contributed by atoms with Crippen molar-refractivity contribution in [3.05, 3.63) is 120 Å². The Morgan fingerprint density at radius 1 is 0.635 bits per heavy atom. The Labute approximate surface area is 301 Å². The molecule has 13 heteroatoms. The van der Waals surface area contributed by atoms with Crippen LogP contribution >= 0.6 is 0 Å². The lowest BCUT2D eigenvalue weighted by atomic mass is 9.77. The van der Waals surface area contributed by atoms with Crippen molar-refractivity contribution in [2.75, 3.05) is 6.54 Å². The number of rotatable bonds is 18. The molecule has 272 valence electrons. The minimum absolute atomic E-state index is 0.107. The number of hydrogen-bond acceptors (Lipinski definition) is 7. The average Bonchev–Trinajstić information content (AvgIpc) is 3.46. The Morgan fingerprint density at radius 3 is 1.58 bits per heavy atom. The van der Waals surface area contributed by atoms with Crippen LogP contribution in [-0.4, -0.2) is 76.1 Å². The highest BCUT2D eigenvalue weighted by atomic mass is 16.4. The SMILES string of the molecule is C[C@H](NC(=O)CCCCCN1C(=O)C=CC1=O)C(=O)N[C@@H](C)C(=O)N[C@@H](CC(=O)NC(c1ccccc1)(c1ccccc1)c1ccccc1)C(=O)O. The van der Waals surface area contributed by atoms with Gasteiger partial charge in [-0.1, -0.05) is 97.4 Å². The minimum atomic E-state index is -1.62. The first kappa shape index (κ1) is 38.7. The molecule has 0 saturated carbocycles. The highest BCUT2D eigenvalue weighted by Gasteiger charge is 2.39. The highest BCUT2D eigenvalue weighted by molar-refractivity contribution is 6.12. The molecular formula is C39H43N5O8. The van der Waals surface area contributed by atoms with E-state index >= 15 is 0 Å². The van der Waals surface area contributed by atoms with E-state index in [-0.39, 0.29) is 24.8 Å².